The van der Waals surface area contributed by atoms with Crippen molar-refractivity contribution in [2.24, 2.45) is 0 Å². The van der Waals surface area contributed by atoms with Gasteiger partial charge in [-0.15, -0.1) is 0 Å². The highest BCUT2D eigenvalue weighted by Gasteiger charge is 2.29. The average molecular weight is 390 g/mol. The molecule has 9 nitrogen and oxygen atoms in total. The smallest absolute Gasteiger partial charge is 0.408 e. The molecule has 27 heavy (non-hydrogen) atoms. The maximum atomic E-state index is 12.3. The zero-order chi connectivity index (χ0) is 18.6. The molecule has 0 radical (unpaired) electrons. The minimum atomic E-state index is -3.61. The normalized spacial score (nSPS) is 18.1. The standard InChI is InChI=1S/C17H18N4O5S/c22-17-21(9-15-18-16(26-19-15)10-2-1-3-10)13-7-6-12(8-14(13)25-17)27(23,24)20-11-4-5-11/h6-8,10-11,20H,1-5,9H2. The lowest BCUT2D eigenvalue weighted by Crippen LogP contribution is -2.25. The molecule has 2 aliphatic carbocycles. The second-order valence-corrected chi connectivity index (χ2v) is 8.87. The Morgan fingerprint density at radius 1 is 1.22 bits per heavy atom. The maximum absolute atomic E-state index is 12.3. The zero-order valence-electron chi connectivity index (χ0n) is 14.4. The number of benzene rings is 1. The van der Waals surface area contributed by atoms with Gasteiger partial charge in [-0.2, -0.15) is 4.98 Å². The molecule has 1 N–H and O–H groups in total. The molecule has 0 bridgehead atoms. The van der Waals surface area contributed by atoms with Crippen LogP contribution in [-0.2, 0) is 16.6 Å². The summed E-state index contributed by atoms with van der Waals surface area (Å²) in [5.41, 5.74) is 0.696. The van der Waals surface area contributed by atoms with Gasteiger partial charge in [-0.25, -0.2) is 17.9 Å². The first-order valence-electron chi connectivity index (χ1n) is 8.98. The van der Waals surface area contributed by atoms with Gasteiger partial charge in [0, 0.05) is 18.0 Å². The number of hydrogen-bond acceptors (Lipinski definition) is 7. The van der Waals surface area contributed by atoms with Crippen LogP contribution in [0.5, 0.6) is 0 Å². The molecule has 0 atom stereocenters. The Balaban J connectivity index is 1.45. The summed E-state index contributed by atoms with van der Waals surface area (Å²) < 4.78 is 39.2. The second-order valence-electron chi connectivity index (χ2n) is 7.16. The number of fused-ring (bicyclic) bond motifs is 1. The predicted octanol–water partition coefficient (Wildman–Crippen LogP) is 1.73. The van der Waals surface area contributed by atoms with Gasteiger partial charge in [0.05, 0.1) is 17.0 Å². The lowest BCUT2D eigenvalue weighted by molar-refractivity contribution is 0.291. The van der Waals surface area contributed by atoms with Crippen molar-refractivity contribution in [2.45, 2.75) is 55.5 Å². The van der Waals surface area contributed by atoms with E-state index in [4.69, 9.17) is 8.94 Å². The summed E-state index contributed by atoms with van der Waals surface area (Å²) >= 11 is 0. The molecule has 2 saturated carbocycles. The van der Waals surface area contributed by atoms with E-state index in [9.17, 15) is 13.2 Å². The van der Waals surface area contributed by atoms with E-state index in [2.05, 4.69) is 14.9 Å². The Labute approximate surface area is 154 Å². The highest BCUT2D eigenvalue weighted by molar-refractivity contribution is 7.89. The molecule has 0 aliphatic heterocycles. The fraction of sp³-hybridized carbons (Fsp3) is 0.471. The van der Waals surface area contributed by atoms with Crippen molar-refractivity contribution in [2.75, 3.05) is 0 Å². The van der Waals surface area contributed by atoms with E-state index in [0.29, 0.717) is 23.1 Å². The summed E-state index contributed by atoms with van der Waals surface area (Å²) in [5, 5.41) is 3.94. The number of rotatable bonds is 6. The van der Waals surface area contributed by atoms with Crippen LogP contribution in [0.15, 0.2) is 36.8 Å². The van der Waals surface area contributed by atoms with Gasteiger partial charge < -0.3 is 8.94 Å². The Morgan fingerprint density at radius 3 is 2.74 bits per heavy atom. The van der Waals surface area contributed by atoms with Crippen LogP contribution in [0.4, 0.5) is 0 Å². The van der Waals surface area contributed by atoms with Crippen LogP contribution in [0.1, 0.15) is 49.7 Å². The molecule has 142 valence electrons. The molecule has 5 rings (SSSR count). The molecular weight excluding hydrogens is 372 g/mol. The summed E-state index contributed by atoms with van der Waals surface area (Å²) in [6.07, 6.45) is 4.95. The molecule has 1 aromatic carbocycles. The van der Waals surface area contributed by atoms with Gasteiger partial charge in [-0.05, 0) is 37.8 Å². The third-order valence-electron chi connectivity index (χ3n) is 5.09. The van der Waals surface area contributed by atoms with Crippen molar-refractivity contribution < 1.29 is 17.4 Å². The number of sulfonamides is 1. The van der Waals surface area contributed by atoms with Gasteiger partial charge in [0.2, 0.25) is 15.9 Å². The number of nitrogens with zero attached hydrogens (tertiary/aromatic N) is 3. The molecule has 3 aromatic rings. The summed E-state index contributed by atoms with van der Waals surface area (Å²) in [6.45, 7) is 0.106. The van der Waals surface area contributed by atoms with Gasteiger partial charge >= 0.3 is 5.76 Å². The van der Waals surface area contributed by atoms with Gasteiger partial charge in [0.1, 0.15) is 0 Å². The van der Waals surface area contributed by atoms with E-state index in [1.807, 2.05) is 0 Å². The van der Waals surface area contributed by atoms with Crippen LogP contribution in [0.2, 0.25) is 0 Å². The number of aromatic nitrogens is 3. The molecule has 2 fully saturated rings. The molecule has 2 aliphatic rings. The highest BCUT2D eigenvalue weighted by Crippen LogP contribution is 2.35. The second kappa shape index (κ2) is 6.03. The minimum absolute atomic E-state index is 0.00501. The third kappa shape index (κ3) is 3.08. The Hall–Kier alpha value is -2.46. The maximum Gasteiger partial charge on any atom is 0.420 e. The molecule has 0 spiro atoms. The Kier molecular flexibility index (Phi) is 3.73. The first-order valence-corrected chi connectivity index (χ1v) is 10.5. The van der Waals surface area contributed by atoms with Crippen LogP contribution in [0.25, 0.3) is 11.1 Å². The fourth-order valence-electron chi connectivity index (χ4n) is 3.15. The first-order chi connectivity index (χ1) is 13.0. The van der Waals surface area contributed by atoms with Crippen molar-refractivity contribution in [1.82, 2.24) is 19.4 Å². The lowest BCUT2D eigenvalue weighted by Gasteiger charge is -2.20. The van der Waals surface area contributed by atoms with Crippen molar-refractivity contribution in [3.8, 4) is 0 Å². The molecule has 0 unspecified atom stereocenters. The number of hydrogen-bond donors (Lipinski definition) is 1. The fourth-order valence-corrected chi connectivity index (χ4v) is 4.47. The molecule has 10 heteroatoms. The summed E-state index contributed by atoms with van der Waals surface area (Å²) in [5.74, 6) is 0.728. The van der Waals surface area contributed by atoms with Gasteiger partial charge in [-0.1, -0.05) is 11.6 Å². The Morgan fingerprint density at radius 2 is 2.04 bits per heavy atom. The minimum Gasteiger partial charge on any atom is -0.408 e. The van der Waals surface area contributed by atoms with Crippen molar-refractivity contribution in [1.29, 1.82) is 0 Å². The van der Waals surface area contributed by atoms with Gasteiger partial charge in [0.15, 0.2) is 11.4 Å². The topological polar surface area (TPSA) is 120 Å². The Bertz CT molecular complexity index is 1170. The van der Waals surface area contributed by atoms with Gasteiger partial charge in [-0.3, -0.25) is 4.57 Å². The van der Waals surface area contributed by atoms with Crippen molar-refractivity contribution in [3.63, 3.8) is 0 Å². The molecule has 0 saturated heterocycles. The monoisotopic (exact) mass is 390 g/mol. The van der Waals surface area contributed by atoms with E-state index in [-0.39, 0.29) is 23.1 Å². The molecular formula is C17H18N4O5S. The average Bonchev–Trinajstić information content (AvgIpc) is 3.17. The van der Waals surface area contributed by atoms with Crippen molar-refractivity contribution in [3.05, 3.63) is 40.5 Å². The van der Waals surface area contributed by atoms with Crippen LogP contribution in [0, 0.1) is 0 Å². The quantitative estimate of drug-likeness (QED) is 0.680. The molecule has 0 amide bonds. The summed E-state index contributed by atoms with van der Waals surface area (Å²) in [6, 6.07) is 4.40. The first kappa shape index (κ1) is 16.7. The van der Waals surface area contributed by atoms with E-state index in [1.165, 1.54) is 16.7 Å². The van der Waals surface area contributed by atoms with Crippen molar-refractivity contribution >= 4 is 21.1 Å². The summed E-state index contributed by atoms with van der Waals surface area (Å²) in [7, 11) is -3.61. The van der Waals surface area contributed by atoms with E-state index < -0.39 is 15.8 Å². The molecule has 2 aromatic heterocycles. The highest BCUT2D eigenvalue weighted by atomic mass is 32.2. The van der Waals surface area contributed by atoms with E-state index >= 15 is 0 Å². The summed E-state index contributed by atoms with van der Waals surface area (Å²) in [4.78, 5) is 16.7. The lowest BCUT2D eigenvalue weighted by atomic mass is 9.85. The largest absolute Gasteiger partial charge is 0.420 e. The van der Waals surface area contributed by atoms with Gasteiger partial charge in [0.25, 0.3) is 0 Å². The van der Waals surface area contributed by atoms with Crippen LogP contribution >= 0.6 is 0 Å². The van der Waals surface area contributed by atoms with Crippen LogP contribution in [-0.4, -0.2) is 29.2 Å². The third-order valence-corrected chi connectivity index (χ3v) is 6.61. The predicted molar refractivity (Wildman–Crippen MR) is 93.8 cm³/mol. The molecule has 2 heterocycles. The van der Waals surface area contributed by atoms with E-state index in [1.54, 1.807) is 6.07 Å². The van der Waals surface area contributed by atoms with E-state index in [0.717, 1.165) is 32.1 Å². The zero-order valence-corrected chi connectivity index (χ0v) is 15.2. The SMILES string of the molecule is O=c1oc2cc(S(=O)(=O)NC3CC3)ccc2n1Cc1noc(C2CCC2)n1. The van der Waals surface area contributed by atoms with Crippen LogP contribution in [0.3, 0.4) is 0 Å². The van der Waals surface area contributed by atoms with Crippen LogP contribution < -0.4 is 10.5 Å². The number of oxazole rings is 1. The number of nitrogens with one attached hydrogen (secondary N) is 1.